The minimum atomic E-state index is -0.225. The molecule has 0 aromatic heterocycles. The van der Waals surface area contributed by atoms with E-state index in [0.29, 0.717) is 12.0 Å². The smallest absolute Gasteiger partial charge is 0.0506 e. The van der Waals surface area contributed by atoms with Crippen molar-refractivity contribution in [1.82, 2.24) is 10.4 Å². The Labute approximate surface area is 226 Å². The molecule has 0 saturated carbocycles. The van der Waals surface area contributed by atoms with Gasteiger partial charge in [-0.3, -0.25) is 0 Å². The van der Waals surface area contributed by atoms with E-state index in [1.165, 1.54) is 22.3 Å². The van der Waals surface area contributed by atoms with Crippen LogP contribution in [0.2, 0.25) is 0 Å². The molecule has 37 heavy (non-hydrogen) atoms. The Morgan fingerprint density at radius 1 is 0.946 bits per heavy atom. The minimum Gasteiger partial charge on any atom is -0.381 e. The largest absolute Gasteiger partial charge is 0.381 e. The summed E-state index contributed by atoms with van der Waals surface area (Å²) in [5, 5.41) is 15.9. The first-order valence-electron chi connectivity index (χ1n) is 14.3. The van der Waals surface area contributed by atoms with Gasteiger partial charge in [-0.2, -0.15) is 5.06 Å². The minimum absolute atomic E-state index is 0.225. The number of nitrogens with one attached hydrogen (secondary N) is 1. The van der Waals surface area contributed by atoms with E-state index in [4.69, 9.17) is 4.74 Å². The van der Waals surface area contributed by atoms with Gasteiger partial charge in [0.1, 0.15) is 0 Å². The fraction of sp³-hybridized carbons (Fsp3) is 0.636. The second-order valence-electron chi connectivity index (χ2n) is 13.4. The summed E-state index contributed by atoms with van der Waals surface area (Å²) in [6.07, 6.45) is 5.10. The summed E-state index contributed by atoms with van der Waals surface area (Å²) in [6.45, 7) is 20.1. The van der Waals surface area contributed by atoms with Gasteiger partial charge >= 0.3 is 0 Å². The zero-order valence-corrected chi connectivity index (χ0v) is 24.7. The highest BCUT2D eigenvalue weighted by Gasteiger charge is 2.44. The molecular formula is C33H52N2O2. The normalized spacial score (nSPS) is 19.2. The Kier molecular flexibility index (Phi) is 10.0. The molecule has 1 aliphatic heterocycles. The summed E-state index contributed by atoms with van der Waals surface area (Å²) in [5.74, 6) is 0.512. The first kappa shape index (κ1) is 29.8. The van der Waals surface area contributed by atoms with Crippen LogP contribution in [0.3, 0.4) is 0 Å². The number of ether oxygens (including phenoxy) is 1. The van der Waals surface area contributed by atoms with Gasteiger partial charge in [0.2, 0.25) is 0 Å². The fourth-order valence-corrected chi connectivity index (χ4v) is 6.37. The van der Waals surface area contributed by atoms with E-state index in [-0.39, 0.29) is 16.5 Å². The predicted molar refractivity (Wildman–Crippen MR) is 155 cm³/mol. The van der Waals surface area contributed by atoms with Crippen LogP contribution in [0.5, 0.6) is 0 Å². The maximum absolute atomic E-state index is 10.6. The molecule has 1 saturated heterocycles. The summed E-state index contributed by atoms with van der Waals surface area (Å²) in [5.41, 5.74) is 5.28. The van der Waals surface area contributed by atoms with Crippen molar-refractivity contribution in [1.29, 1.82) is 0 Å². The van der Waals surface area contributed by atoms with E-state index in [2.05, 4.69) is 102 Å². The van der Waals surface area contributed by atoms with Crippen molar-refractivity contribution in [2.75, 3.05) is 13.2 Å². The highest BCUT2D eigenvalue weighted by Crippen LogP contribution is 2.37. The molecule has 1 heterocycles. The molecule has 2 N–H and O–H groups in total. The third-order valence-corrected chi connectivity index (χ3v) is 8.09. The lowest BCUT2D eigenvalue weighted by atomic mass is 9.76. The van der Waals surface area contributed by atoms with Crippen LogP contribution < -0.4 is 5.32 Å². The highest BCUT2D eigenvalue weighted by molar-refractivity contribution is 5.26. The van der Waals surface area contributed by atoms with Crippen LogP contribution in [0.4, 0.5) is 0 Å². The molecule has 1 aliphatic rings. The molecule has 206 valence electrons. The second-order valence-corrected chi connectivity index (χ2v) is 13.4. The third-order valence-electron chi connectivity index (χ3n) is 8.09. The van der Waals surface area contributed by atoms with Crippen molar-refractivity contribution in [3.63, 3.8) is 0 Å². The van der Waals surface area contributed by atoms with Gasteiger partial charge in [-0.05, 0) is 100 Å². The SMILES string of the molecule is CCOCCc1ccc(CC(C)(C)CC(C)c2ccc(CNC3CC(C)(C)N(O)C(C)(C)C3)cc2)cc1. The number of benzene rings is 2. The van der Waals surface area contributed by atoms with E-state index in [9.17, 15) is 5.21 Å². The van der Waals surface area contributed by atoms with Crippen LogP contribution >= 0.6 is 0 Å². The summed E-state index contributed by atoms with van der Waals surface area (Å²) < 4.78 is 5.49. The van der Waals surface area contributed by atoms with Crippen LogP contribution in [0.25, 0.3) is 0 Å². The molecular weight excluding hydrogens is 456 g/mol. The van der Waals surface area contributed by atoms with E-state index in [0.717, 1.165) is 51.9 Å². The molecule has 3 rings (SSSR count). The van der Waals surface area contributed by atoms with Gasteiger partial charge in [0, 0.05) is 30.3 Å². The number of nitrogens with zero attached hydrogens (tertiary/aromatic N) is 1. The number of hydroxylamine groups is 2. The highest BCUT2D eigenvalue weighted by atomic mass is 16.5. The predicted octanol–water partition coefficient (Wildman–Crippen LogP) is 7.53. The van der Waals surface area contributed by atoms with E-state index >= 15 is 0 Å². The van der Waals surface area contributed by atoms with Crippen LogP contribution in [-0.4, -0.2) is 40.6 Å². The Morgan fingerprint density at radius 3 is 2.05 bits per heavy atom. The first-order valence-corrected chi connectivity index (χ1v) is 14.3. The van der Waals surface area contributed by atoms with Gasteiger partial charge in [0.05, 0.1) is 6.61 Å². The Balaban J connectivity index is 1.50. The van der Waals surface area contributed by atoms with Gasteiger partial charge in [-0.1, -0.05) is 69.3 Å². The summed E-state index contributed by atoms with van der Waals surface area (Å²) in [7, 11) is 0. The second kappa shape index (κ2) is 12.4. The van der Waals surface area contributed by atoms with E-state index in [1.54, 1.807) is 5.06 Å². The molecule has 2 aromatic carbocycles. The summed E-state index contributed by atoms with van der Waals surface area (Å²) in [6, 6.07) is 18.7. The number of hydrogen-bond donors (Lipinski definition) is 2. The summed E-state index contributed by atoms with van der Waals surface area (Å²) >= 11 is 0. The van der Waals surface area contributed by atoms with Crippen LogP contribution in [-0.2, 0) is 24.1 Å². The molecule has 0 bridgehead atoms. The molecule has 4 heteroatoms. The maximum atomic E-state index is 10.6. The molecule has 2 aromatic rings. The van der Waals surface area contributed by atoms with Crippen molar-refractivity contribution >= 4 is 0 Å². The van der Waals surface area contributed by atoms with Crippen molar-refractivity contribution in [3.05, 3.63) is 70.8 Å². The molecule has 0 amide bonds. The maximum Gasteiger partial charge on any atom is 0.0506 e. The lowest BCUT2D eigenvalue weighted by molar-refractivity contribution is -0.246. The number of hydrogen-bond acceptors (Lipinski definition) is 4. The average molecular weight is 509 g/mol. The lowest BCUT2D eigenvalue weighted by Gasteiger charge is -2.51. The van der Waals surface area contributed by atoms with Crippen LogP contribution in [0.15, 0.2) is 48.5 Å². The van der Waals surface area contributed by atoms with Gasteiger partial charge < -0.3 is 15.3 Å². The molecule has 0 spiro atoms. The van der Waals surface area contributed by atoms with Gasteiger partial charge in [-0.25, -0.2) is 0 Å². The van der Waals surface area contributed by atoms with E-state index in [1.807, 2.05) is 6.92 Å². The molecule has 1 unspecified atom stereocenters. The fourth-order valence-electron chi connectivity index (χ4n) is 6.37. The molecule has 1 atom stereocenters. The van der Waals surface area contributed by atoms with Gasteiger partial charge in [0.15, 0.2) is 0 Å². The first-order chi connectivity index (χ1) is 17.3. The topological polar surface area (TPSA) is 44.7 Å². The van der Waals surface area contributed by atoms with Crippen molar-refractivity contribution in [2.45, 2.75) is 117 Å². The monoisotopic (exact) mass is 508 g/mol. The van der Waals surface area contributed by atoms with E-state index < -0.39 is 0 Å². The van der Waals surface area contributed by atoms with Crippen LogP contribution in [0.1, 0.15) is 103 Å². The molecule has 0 radical (unpaired) electrons. The number of rotatable bonds is 12. The zero-order valence-electron chi connectivity index (χ0n) is 24.7. The van der Waals surface area contributed by atoms with Crippen LogP contribution in [0, 0.1) is 5.41 Å². The van der Waals surface area contributed by atoms with Crippen molar-refractivity contribution in [2.24, 2.45) is 5.41 Å². The van der Waals surface area contributed by atoms with Crippen molar-refractivity contribution < 1.29 is 9.94 Å². The third kappa shape index (κ3) is 8.64. The van der Waals surface area contributed by atoms with Gasteiger partial charge in [0.25, 0.3) is 0 Å². The lowest BCUT2D eigenvalue weighted by Crippen LogP contribution is -2.62. The van der Waals surface area contributed by atoms with Crippen molar-refractivity contribution in [3.8, 4) is 0 Å². The zero-order chi connectivity index (χ0) is 27.3. The average Bonchev–Trinajstić information content (AvgIpc) is 2.82. The molecule has 0 aliphatic carbocycles. The number of piperidine rings is 1. The Morgan fingerprint density at radius 2 is 1.49 bits per heavy atom. The van der Waals surface area contributed by atoms with Gasteiger partial charge in [-0.15, -0.1) is 0 Å². The standard InChI is InChI=1S/C33H52N2O2/c1-9-37-19-18-26-10-12-27(13-11-26)21-31(3,4)20-25(2)29-16-14-28(15-17-29)24-34-30-22-32(5,6)35(36)33(7,8)23-30/h10-17,25,30,34,36H,9,18-24H2,1-8H3. The summed E-state index contributed by atoms with van der Waals surface area (Å²) in [4.78, 5) is 0. The molecule has 4 nitrogen and oxygen atoms in total. The quantitative estimate of drug-likeness (QED) is 0.291. The Bertz CT molecular complexity index is 945. The Hall–Kier alpha value is -1.72. The molecule has 1 fully saturated rings.